The molecule has 0 bridgehead atoms. The summed E-state index contributed by atoms with van der Waals surface area (Å²) >= 11 is 0. The third-order valence-corrected chi connectivity index (χ3v) is 8.65. The number of aromatic nitrogens is 3. The molecule has 0 N–H and O–H groups in total. The third-order valence-electron chi connectivity index (χ3n) is 8.65. The lowest BCUT2D eigenvalue weighted by Gasteiger charge is -2.24. The second-order valence-corrected chi connectivity index (χ2v) is 11.8. The van der Waals surface area contributed by atoms with Crippen molar-refractivity contribution in [1.29, 1.82) is 0 Å². The van der Waals surface area contributed by atoms with Crippen LogP contribution in [0, 0.1) is 6.92 Å². The summed E-state index contributed by atoms with van der Waals surface area (Å²) in [6, 6.07) is 49.4. The Morgan fingerprint density at radius 3 is 1.90 bits per heavy atom. The summed E-state index contributed by atoms with van der Waals surface area (Å²) in [5.41, 5.74) is 7.35. The standard InChI is InChI=1S/C44H32N4O/c1-3-16-39-36(29-48(37-26-13-10-17-30(37)2)38-27-14-23-31-18-11-12-24-34(31)38)41-35(25-15-28-40(41)49-39)44-46-42(32-19-6-4-7-20-32)45-43(47-44)33-21-8-5-9-22-33/h3-29H,1H2,2H3/b36-29+,39-16+. The second-order valence-electron chi connectivity index (χ2n) is 11.8. The smallest absolute Gasteiger partial charge is 0.164 e. The first-order valence-corrected chi connectivity index (χ1v) is 16.2. The molecule has 0 saturated heterocycles. The van der Waals surface area contributed by atoms with Gasteiger partial charge in [-0.1, -0.05) is 140 Å². The van der Waals surface area contributed by atoms with Crippen LogP contribution in [0.3, 0.4) is 0 Å². The zero-order valence-corrected chi connectivity index (χ0v) is 27.0. The zero-order chi connectivity index (χ0) is 33.2. The van der Waals surface area contributed by atoms with Gasteiger partial charge in [0.2, 0.25) is 0 Å². The maximum Gasteiger partial charge on any atom is 0.164 e. The van der Waals surface area contributed by atoms with Gasteiger partial charge in [-0.15, -0.1) is 0 Å². The van der Waals surface area contributed by atoms with Crippen molar-refractivity contribution in [3.63, 3.8) is 0 Å². The summed E-state index contributed by atoms with van der Waals surface area (Å²) in [6.45, 7) is 6.15. The molecule has 0 fully saturated rings. The lowest BCUT2D eigenvalue weighted by molar-refractivity contribution is 0.575. The van der Waals surface area contributed by atoms with E-state index in [-0.39, 0.29) is 0 Å². The number of allylic oxidation sites excluding steroid dienone is 1. The van der Waals surface area contributed by atoms with Crippen LogP contribution in [0.25, 0.3) is 68.2 Å². The molecule has 5 nitrogen and oxygen atoms in total. The van der Waals surface area contributed by atoms with Crippen LogP contribution < -0.4 is 15.5 Å². The van der Waals surface area contributed by atoms with Gasteiger partial charge in [-0.25, -0.2) is 15.0 Å². The maximum atomic E-state index is 6.57. The van der Waals surface area contributed by atoms with E-state index >= 15 is 0 Å². The molecule has 0 atom stereocenters. The largest absolute Gasteiger partial charge is 0.456 e. The van der Waals surface area contributed by atoms with Gasteiger partial charge in [0.15, 0.2) is 17.5 Å². The minimum atomic E-state index is 0.562. The van der Waals surface area contributed by atoms with Crippen molar-refractivity contribution in [3.05, 3.63) is 174 Å². The van der Waals surface area contributed by atoms with Crippen molar-refractivity contribution < 1.29 is 4.42 Å². The van der Waals surface area contributed by atoms with Crippen molar-refractivity contribution in [2.24, 2.45) is 0 Å². The van der Waals surface area contributed by atoms with E-state index in [1.54, 1.807) is 6.08 Å². The Labute approximate surface area is 284 Å². The van der Waals surface area contributed by atoms with Gasteiger partial charge in [0.1, 0.15) is 11.0 Å². The summed E-state index contributed by atoms with van der Waals surface area (Å²) < 4.78 is 6.57. The Balaban J connectivity index is 1.45. The van der Waals surface area contributed by atoms with Crippen molar-refractivity contribution in [3.8, 4) is 34.2 Å². The van der Waals surface area contributed by atoms with E-state index < -0.39 is 0 Å². The molecule has 8 aromatic rings. The summed E-state index contributed by atoms with van der Waals surface area (Å²) in [5, 5.41) is 4.10. The monoisotopic (exact) mass is 632 g/mol. The predicted molar refractivity (Wildman–Crippen MR) is 202 cm³/mol. The number of aryl methyl sites for hydroxylation is 1. The molecule has 0 radical (unpaired) electrons. The molecule has 0 amide bonds. The first-order chi connectivity index (χ1) is 24.2. The fourth-order valence-corrected chi connectivity index (χ4v) is 6.32. The molecule has 0 aliphatic heterocycles. The van der Waals surface area contributed by atoms with E-state index in [1.807, 2.05) is 78.9 Å². The number of rotatable bonds is 7. The van der Waals surface area contributed by atoms with Crippen molar-refractivity contribution in [2.45, 2.75) is 6.92 Å². The van der Waals surface area contributed by atoms with Gasteiger partial charge in [0, 0.05) is 44.6 Å². The first-order valence-electron chi connectivity index (χ1n) is 16.2. The van der Waals surface area contributed by atoms with Crippen molar-refractivity contribution in [2.75, 3.05) is 4.90 Å². The van der Waals surface area contributed by atoms with E-state index in [9.17, 15) is 0 Å². The van der Waals surface area contributed by atoms with Crippen LogP contribution in [-0.2, 0) is 0 Å². The highest BCUT2D eigenvalue weighted by Crippen LogP contribution is 2.35. The molecule has 234 valence electrons. The average molecular weight is 633 g/mol. The molecule has 0 spiro atoms. The van der Waals surface area contributed by atoms with Crippen LogP contribution in [0.4, 0.5) is 11.4 Å². The molecule has 0 unspecified atom stereocenters. The second kappa shape index (κ2) is 12.9. The molecule has 49 heavy (non-hydrogen) atoms. The Morgan fingerprint density at radius 2 is 1.18 bits per heavy atom. The number of benzene rings is 6. The minimum Gasteiger partial charge on any atom is -0.456 e. The fraction of sp³-hybridized carbons (Fsp3) is 0.0227. The molecule has 2 heterocycles. The normalized spacial score (nSPS) is 12.1. The molecule has 6 aromatic carbocycles. The van der Waals surface area contributed by atoms with E-state index in [0.29, 0.717) is 22.9 Å². The molecule has 0 saturated carbocycles. The topological polar surface area (TPSA) is 55.1 Å². The Kier molecular flexibility index (Phi) is 7.84. The Bertz CT molecular complexity index is 2530. The summed E-state index contributed by atoms with van der Waals surface area (Å²) in [6.07, 6.45) is 5.84. The van der Waals surface area contributed by atoms with Crippen LogP contribution in [0.5, 0.6) is 0 Å². The molecular weight excluding hydrogens is 601 g/mol. The van der Waals surface area contributed by atoms with E-state index in [0.717, 1.165) is 60.6 Å². The molecular formula is C44H32N4O. The number of furan rings is 1. The van der Waals surface area contributed by atoms with Gasteiger partial charge in [0.25, 0.3) is 0 Å². The number of para-hydroxylation sites is 1. The summed E-state index contributed by atoms with van der Waals surface area (Å²) in [7, 11) is 0. The number of anilines is 2. The SMILES string of the molecule is C=C/C=c1/oc2cccc(-c3nc(-c4ccccc4)nc(-c4ccccc4)n3)c2/c1=C/N(c1ccccc1C)c1cccc2ccccc12. The number of hydrogen-bond donors (Lipinski definition) is 0. The van der Waals surface area contributed by atoms with Crippen molar-refractivity contribution in [1.82, 2.24) is 15.0 Å². The van der Waals surface area contributed by atoms with Crippen LogP contribution in [0.1, 0.15) is 5.56 Å². The van der Waals surface area contributed by atoms with Gasteiger partial charge >= 0.3 is 0 Å². The lowest BCUT2D eigenvalue weighted by Crippen LogP contribution is -2.25. The molecule has 5 heteroatoms. The minimum absolute atomic E-state index is 0.562. The highest BCUT2D eigenvalue weighted by Gasteiger charge is 2.19. The van der Waals surface area contributed by atoms with E-state index in [2.05, 4.69) is 97.4 Å². The van der Waals surface area contributed by atoms with Gasteiger partial charge in [0.05, 0.1) is 5.69 Å². The van der Waals surface area contributed by atoms with Crippen LogP contribution in [0.15, 0.2) is 163 Å². The molecule has 2 aromatic heterocycles. The Morgan fingerprint density at radius 1 is 0.592 bits per heavy atom. The summed E-state index contributed by atoms with van der Waals surface area (Å²) in [5.74, 6) is 1.77. The Hall–Kier alpha value is -6.59. The molecule has 0 aliphatic carbocycles. The van der Waals surface area contributed by atoms with Gasteiger partial charge in [-0.05, 0) is 42.1 Å². The predicted octanol–water partition coefficient (Wildman–Crippen LogP) is 9.62. The van der Waals surface area contributed by atoms with E-state index in [4.69, 9.17) is 19.4 Å². The maximum absolute atomic E-state index is 6.57. The first kappa shape index (κ1) is 29.8. The van der Waals surface area contributed by atoms with Crippen LogP contribution >= 0.6 is 0 Å². The van der Waals surface area contributed by atoms with Gasteiger partial charge in [-0.2, -0.15) is 0 Å². The molecule has 8 rings (SSSR count). The lowest BCUT2D eigenvalue weighted by atomic mass is 10.1. The zero-order valence-electron chi connectivity index (χ0n) is 27.0. The van der Waals surface area contributed by atoms with E-state index in [1.165, 1.54) is 0 Å². The van der Waals surface area contributed by atoms with Crippen LogP contribution in [-0.4, -0.2) is 15.0 Å². The number of fused-ring (bicyclic) bond motifs is 2. The number of hydrogen-bond acceptors (Lipinski definition) is 5. The highest BCUT2D eigenvalue weighted by molar-refractivity contribution is 6.00. The quantitative estimate of drug-likeness (QED) is 0.175. The average Bonchev–Trinajstić information content (AvgIpc) is 3.51. The highest BCUT2D eigenvalue weighted by atomic mass is 16.3. The van der Waals surface area contributed by atoms with Crippen LogP contribution in [0.2, 0.25) is 0 Å². The van der Waals surface area contributed by atoms with Crippen molar-refractivity contribution >= 4 is 45.4 Å². The summed E-state index contributed by atoms with van der Waals surface area (Å²) in [4.78, 5) is 17.3. The van der Waals surface area contributed by atoms with Gasteiger partial charge in [-0.3, -0.25) is 0 Å². The third kappa shape index (κ3) is 5.68. The van der Waals surface area contributed by atoms with Gasteiger partial charge < -0.3 is 9.32 Å². The number of nitrogens with zero attached hydrogens (tertiary/aromatic N) is 4. The molecule has 0 aliphatic rings. The fourth-order valence-electron chi connectivity index (χ4n) is 6.32.